The Morgan fingerprint density at radius 2 is 2.18 bits per heavy atom. The lowest BCUT2D eigenvalue weighted by molar-refractivity contribution is -0.136. The third-order valence-corrected chi connectivity index (χ3v) is 3.54. The number of carboxylic acids is 1. The van der Waals surface area contributed by atoms with Crippen LogP contribution in [0.15, 0.2) is 11.4 Å². The number of carbonyl (C=O) groups is 1. The minimum Gasteiger partial charge on any atom is -0.481 e. The first-order valence-corrected chi connectivity index (χ1v) is 6.12. The van der Waals surface area contributed by atoms with Gasteiger partial charge in [0.1, 0.15) is 12.0 Å². The van der Waals surface area contributed by atoms with Crippen molar-refractivity contribution in [3.05, 3.63) is 6.33 Å². The van der Waals surface area contributed by atoms with Crippen LogP contribution in [-0.4, -0.2) is 42.3 Å². The van der Waals surface area contributed by atoms with Gasteiger partial charge in [-0.3, -0.25) is 4.79 Å². The Hall–Kier alpha value is -1.90. The van der Waals surface area contributed by atoms with Crippen LogP contribution in [0.2, 0.25) is 0 Å². The molecule has 3 N–H and O–H groups in total. The molecule has 9 heteroatoms. The number of rotatable bonds is 5. The SMILES string of the molecule is COc1ncnc(S(=O)(=O)CCC(=O)O)c1N. The zero-order valence-corrected chi connectivity index (χ0v) is 9.77. The molecule has 0 fully saturated rings. The fraction of sp³-hybridized carbons (Fsp3) is 0.375. The van der Waals surface area contributed by atoms with Crippen LogP contribution in [0.3, 0.4) is 0 Å². The second-order valence-corrected chi connectivity index (χ2v) is 5.09. The third-order valence-electron chi connectivity index (χ3n) is 1.88. The average Bonchev–Trinajstić information content (AvgIpc) is 2.26. The lowest BCUT2D eigenvalue weighted by atomic mass is 10.5. The number of sulfone groups is 1. The molecule has 1 aromatic heterocycles. The van der Waals surface area contributed by atoms with Crippen molar-refractivity contribution < 1.29 is 23.1 Å². The molecule has 0 spiro atoms. The lowest BCUT2D eigenvalue weighted by Crippen LogP contribution is -2.15. The summed E-state index contributed by atoms with van der Waals surface area (Å²) in [5, 5.41) is 8.03. The number of nitrogens with two attached hydrogens (primary N) is 1. The molecule has 0 saturated carbocycles. The summed E-state index contributed by atoms with van der Waals surface area (Å²) in [5.41, 5.74) is 5.29. The lowest BCUT2D eigenvalue weighted by Gasteiger charge is -2.07. The van der Waals surface area contributed by atoms with E-state index in [-0.39, 0.29) is 11.6 Å². The molecule has 0 aliphatic rings. The number of ether oxygens (including phenoxy) is 1. The summed E-state index contributed by atoms with van der Waals surface area (Å²) < 4.78 is 28.2. The minimum atomic E-state index is -3.86. The number of nitrogens with zero attached hydrogens (tertiary/aromatic N) is 2. The molecule has 8 nitrogen and oxygen atoms in total. The van der Waals surface area contributed by atoms with E-state index in [0.29, 0.717) is 0 Å². The molecule has 0 saturated heterocycles. The molecule has 0 aliphatic heterocycles. The first-order chi connectivity index (χ1) is 7.88. The molecule has 0 amide bonds. The first kappa shape index (κ1) is 13.2. The Morgan fingerprint density at radius 1 is 1.53 bits per heavy atom. The highest BCUT2D eigenvalue weighted by molar-refractivity contribution is 7.91. The van der Waals surface area contributed by atoms with Gasteiger partial charge in [-0.05, 0) is 0 Å². The molecule has 0 bridgehead atoms. The number of hydrogen-bond acceptors (Lipinski definition) is 7. The van der Waals surface area contributed by atoms with Crippen molar-refractivity contribution in [3.63, 3.8) is 0 Å². The second-order valence-electron chi connectivity index (χ2n) is 3.06. The van der Waals surface area contributed by atoms with Gasteiger partial charge in [-0.25, -0.2) is 13.4 Å². The van der Waals surface area contributed by atoms with Crippen LogP contribution in [0, 0.1) is 0 Å². The molecule has 94 valence electrons. The Kier molecular flexibility index (Phi) is 3.84. The van der Waals surface area contributed by atoms with Gasteiger partial charge in [0.2, 0.25) is 5.88 Å². The van der Waals surface area contributed by atoms with Gasteiger partial charge in [-0.15, -0.1) is 0 Å². The molecular weight excluding hydrogens is 250 g/mol. The topological polar surface area (TPSA) is 132 Å². The normalized spacial score (nSPS) is 11.1. The predicted octanol–water partition coefficient (Wildman–Crippen LogP) is -0.684. The average molecular weight is 261 g/mol. The van der Waals surface area contributed by atoms with Crippen LogP contribution in [0.4, 0.5) is 5.69 Å². The zero-order valence-electron chi connectivity index (χ0n) is 8.95. The number of aliphatic carboxylic acids is 1. The summed E-state index contributed by atoms with van der Waals surface area (Å²) in [5.74, 6) is -1.85. The van der Waals surface area contributed by atoms with Crippen LogP contribution in [-0.2, 0) is 14.6 Å². The van der Waals surface area contributed by atoms with Crippen molar-refractivity contribution in [3.8, 4) is 5.88 Å². The minimum absolute atomic E-state index is 0.0612. The molecule has 17 heavy (non-hydrogen) atoms. The molecule has 1 aromatic rings. The van der Waals surface area contributed by atoms with Crippen molar-refractivity contribution in [2.75, 3.05) is 18.6 Å². The van der Waals surface area contributed by atoms with Gasteiger partial charge in [0, 0.05) is 0 Å². The van der Waals surface area contributed by atoms with Gasteiger partial charge in [0.15, 0.2) is 14.9 Å². The first-order valence-electron chi connectivity index (χ1n) is 4.47. The van der Waals surface area contributed by atoms with Crippen molar-refractivity contribution in [1.82, 2.24) is 9.97 Å². The van der Waals surface area contributed by atoms with Crippen LogP contribution >= 0.6 is 0 Å². The fourth-order valence-corrected chi connectivity index (χ4v) is 2.36. The number of carboxylic acid groups (broad SMARTS) is 1. The van der Waals surface area contributed by atoms with Gasteiger partial charge >= 0.3 is 5.97 Å². The maximum absolute atomic E-state index is 11.7. The highest BCUT2D eigenvalue weighted by Crippen LogP contribution is 2.24. The Labute approximate surface area is 97.4 Å². The van der Waals surface area contributed by atoms with E-state index in [4.69, 9.17) is 15.6 Å². The molecule has 1 rings (SSSR count). The third kappa shape index (κ3) is 3.03. The molecule has 1 heterocycles. The maximum Gasteiger partial charge on any atom is 0.304 e. The highest BCUT2D eigenvalue weighted by Gasteiger charge is 2.23. The summed E-state index contributed by atoms with van der Waals surface area (Å²) in [4.78, 5) is 17.5. The Morgan fingerprint density at radius 3 is 2.71 bits per heavy atom. The fourth-order valence-electron chi connectivity index (χ4n) is 1.09. The number of anilines is 1. The predicted molar refractivity (Wildman–Crippen MR) is 57.3 cm³/mol. The molecular formula is C8H11N3O5S. The van der Waals surface area contributed by atoms with E-state index < -0.39 is 33.0 Å². The quantitative estimate of drug-likeness (QED) is 0.666. The van der Waals surface area contributed by atoms with E-state index in [1.165, 1.54) is 7.11 Å². The van der Waals surface area contributed by atoms with E-state index in [2.05, 4.69) is 9.97 Å². The van der Waals surface area contributed by atoms with Crippen LogP contribution in [0.25, 0.3) is 0 Å². The van der Waals surface area contributed by atoms with E-state index in [9.17, 15) is 13.2 Å². The highest BCUT2D eigenvalue weighted by atomic mass is 32.2. The largest absolute Gasteiger partial charge is 0.481 e. The Bertz CT molecular complexity index is 528. The van der Waals surface area contributed by atoms with E-state index in [1.807, 2.05) is 0 Å². The maximum atomic E-state index is 11.7. The van der Waals surface area contributed by atoms with E-state index >= 15 is 0 Å². The molecule has 0 atom stereocenters. The van der Waals surface area contributed by atoms with Crippen molar-refractivity contribution in [2.45, 2.75) is 11.4 Å². The summed E-state index contributed by atoms with van der Waals surface area (Å²) in [6.07, 6.45) is 0.469. The van der Waals surface area contributed by atoms with Gasteiger partial charge in [-0.1, -0.05) is 0 Å². The van der Waals surface area contributed by atoms with E-state index in [0.717, 1.165) is 6.33 Å². The number of hydrogen-bond donors (Lipinski definition) is 2. The summed E-state index contributed by atoms with van der Waals surface area (Å²) in [6, 6.07) is 0. The summed E-state index contributed by atoms with van der Waals surface area (Å²) in [6.45, 7) is 0. The van der Waals surface area contributed by atoms with Crippen LogP contribution < -0.4 is 10.5 Å². The monoisotopic (exact) mass is 261 g/mol. The van der Waals surface area contributed by atoms with Crippen LogP contribution in [0.5, 0.6) is 5.88 Å². The number of aromatic nitrogens is 2. The second kappa shape index (κ2) is 4.95. The number of nitrogen functional groups attached to an aromatic ring is 1. The van der Waals surface area contributed by atoms with E-state index in [1.54, 1.807) is 0 Å². The van der Waals surface area contributed by atoms with Crippen molar-refractivity contribution in [2.24, 2.45) is 0 Å². The zero-order chi connectivity index (χ0) is 13.1. The Balaban J connectivity index is 3.11. The van der Waals surface area contributed by atoms with Gasteiger partial charge in [0.05, 0.1) is 19.3 Å². The van der Waals surface area contributed by atoms with Crippen LogP contribution in [0.1, 0.15) is 6.42 Å². The molecule has 0 aromatic carbocycles. The number of methoxy groups -OCH3 is 1. The smallest absolute Gasteiger partial charge is 0.304 e. The summed E-state index contributed by atoms with van der Waals surface area (Å²) >= 11 is 0. The summed E-state index contributed by atoms with van der Waals surface area (Å²) in [7, 11) is -2.57. The van der Waals surface area contributed by atoms with Gasteiger partial charge in [-0.2, -0.15) is 4.98 Å². The molecule has 0 aliphatic carbocycles. The van der Waals surface area contributed by atoms with Crippen molar-refractivity contribution in [1.29, 1.82) is 0 Å². The molecule has 0 unspecified atom stereocenters. The standard InChI is InChI=1S/C8H11N3O5S/c1-16-7-6(9)8(11-4-10-7)17(14,15)3-2-5(12)13/h4H,2-3,9H2,1H3,(H,12,13). The van der Waals surface area contributed by atoms with Gasteiger partial charge < -0.3 is 15.6 Å². The molecule has 0 radical (unpaired) electrons. The van der Waals surface area contributed by atoms with Crippen molar-refractivity contribution >= 4 is 21.5 Å². The van der Waals surface area contributed by atoms with Gasteiger partial charge in [0.25, 0.3) is 0 Å².